The van der Waals surface area contributed by atoms with Gasteiger partial charge in [-0.15, -0.1) is 0 Å². The highest BCUT2D eigenvalue weighted by atomic mass is 35.5. The number of ether oxygens (including phenoxy) is 1. The molecule has 0 radical (unpaired) electrons. The van der Waals surface area contributed by atoms with Crippen molar-refractivity contribution in [1.29, 1.82) is 0 Å². The Labute approximate surface area is 184 Å². The topological polar surface area (TPSA) is 58.6 Å². The lowest BCUT2D eigenvalue weighted by Crippen LogP contribution is -2.51. The van der Waals surface area contributed by atoms with Gasteiger partial charge in [0, 0.05) is 17.6 Å². The molecule has 0 aliphatic carbocycles. The standard InChI is InChI=1S/C24H31ClN2O3/c1-6-22(24(29)26-16(2)3)27(14-19-9-7-17(4)8-10-19)23(28)15-30-20-11-12-21(25)18(5)13-20/h7-13,16,22H,6,14-15H2,1-5H3,(H,26,29). The third-order valence-corrected chi connectivity index (χ3v) is 5.21. The van der Waals surface area contributed by atoms with Crippen LogP contribution < -0.4 is 10.1 Å². The first-order chi connectivity index (χ1) is 14.2. The maximum atomic E-state index is 13.1. The molecule has 2 rings (SSSR count). The van der Waals surface area contributed by atoms with Crippen molar-refractivity contribution in [2.24, 2.45) is 0 Å². The lowest BCUT2D eigenvalue weighted by Gasteiger charge is -2.31. The molecule has 2 aromatic rings. The van der Waals surface area contributed by atoms with E-state index in [2.05, 4.69) is 5.32 Å². The van der Waals surface area contributed by atoms with Gasteiger partial charge in [-0.3, -0.25) is 9.59 Å². The summed E-state index contributed by atoms with van der Waals surface area (Å²) in [6, 6.07) is 12.6. The van der Waals surface area contributed by atoms with E-state index in [1.807, 2.05) is 58.9 Å². The van der Waals surface area contributed by atoms with Crippen LogP contribution in [0.2, 0.25) is 5.02 Å². The van der Waals surface area contributed by atoms with Gasteiger partial charge in [0.05, 0.1) is 0 Å². The Hall–Kier alpha value is -2.53. The Bertz CT molecular complexity index is 865. The number of rotatable bonds is 9. The van der Waals surface area contributed by atoms with E-state index in [1.165, 1.54) is 0 Å². The second-order valence-corrected chi connectivity index (χ2v) is 8.20. The summed E-state index contributed by atoms with van der Waals surface area (Å²) >= 11 is 6.06. The van der Waals surface area contributed by atoms with Crippen LogP contribution >= 0.6 is 11.6 Å². The molecule has 0 bridgehead atoms. The second kappa shape index (κ2) is 11.0. The van der Waals surface area contributed by atoms with Gasteiger partial charge < -0.3 is 15.0 Å². The number of nitrogens with one attached hydrogen (secondary N) is 1. The molecule has 0 spiro atoms. The Morgan fingerprint density at radius 2 is 1.77 bits per heavy atom. The molecule has 2 amide bonds. The summed E-state index contributed by atoms with van der Waals surface area (Å²) in [5.41, 5.74) is 2.98. The molecule has 1 N–H and O–H groups in total. The van der Waals surface area contributed by atoms with Gasteiger partial charge in [-0.25, -0.2) is 0 Å². The maximum absolute atomic E-state index is 13.1. The highest BCUT2D eigenvalue weighted by molar-refractivity contribution is 6.31. The van der Waals surface area contributed by atoms with Crippen LogP contribution in [-0.2, 0) is 16.1 Å². The fourth-order valence-electron chi connectivity index (χ4n) is 3.13. The number of hydrogen-bond donors (Lipinski definition) is 1. The predicted octanol–water partition coefficient (Wildman–Crippen LogP) is 4.67. The van der Waals surface area contributed by atoms with Gasteiger partial charge in [-0.05, 0) is 63.4 Å². The normalized spacial score (nSPS) is 11.8. The van der Waals surface area contributed by atoms with Crippen molar-refractivity contribution in [1.82, 2.24) is 10.2 Å². The molecule has 5 nitrogen and oxygen atoms in total. The van der Waals surface area contributed by atoms with Gasteiger partial charge in [0.25, 0.3) is 5.91 Å². The number of benzene rings is 2. The zero-order valence-corrected chi connectivity index (χ0v) is 19.1. The van der Waals surface area contributed by atoms with Gasteiger partial charge in [0.2, 0.25) is 5.91 Å². The third-order valence-electron chi connectivity index (χ3n) is 4.78. The molecule has 0 saturated carbocycles. The first-order valence-corrected chi connectivity index (χ1v) is 10.6. The fourth-order valence-corrected chi connectivity index (χ4v) is 3.24. The van der Waals surface area contributed by atoms with Crippen molar-refractivity contribution in [3.63, 3.8) is 0 Å². The first kappa shape index (κ1) is 23.7. The monoisotopic (exact) mass is 430 g/mol. The predicted molar refractivity (Wildman–Crippen MR) is 121 cm³/mol. The number of nitrogens with zero attached hydrogens (tertiary/aromatic N) is 1. The molecule has 0 aromatic heterocycles. The molecular weight excluding hydrogens is 400 g/mol. The van der Waals surface area contributed by atoms with E-state index in [0.29, 0.717) is 23.7 Å². The first-order valence-electron chi connectivity index (χ1n) is 10.3. The van der Waals surface area contributed by atoms with Crippen LogP contribution in [0.1, 0.15) is 43.9 Å². The van der Waals surface area contributed by atoms with Crippen molar-refractivity contribution in [3.8, 4) is 5.75 Å². The summed E-state index contributed by atoms with van der Waals surface area (Å²) in [5.74, 6) is 0.171. The van der Waals surface area contributed by atoms with Crippen LogP contribution in [0.4, 0.5) is 0 Å². The van der Waals surface area contributed by atoms with Gasteiger partial charge in [0.15, 0.2) is 6.61 Å². The van der Waals surface area contributed by atoms with E-state index in [9.17, 15) is 9.59 Å². The number of hydrogen-bond acceptors (Lipinski definition) is 3. The highest BCUT2D eigenvalue weighted by Crippen LogP contribution is 2.21. The summed E-state index contributed by atoms with van der Waals surface area (Å²) in [5, 5.41) is 3.57. The van der Waals surface area contributed by atoms with Gasteiger partial charge in [0.1, 0.15) is 11.8 Å². The van der Waals surface area contributed by atoms with Crippen LogP contribution in [0, 0.1) is 13.8 Å². The van der Waals surface area contributed by atoms with E-state index >= 15 is 0 Å². The molecule has 2 aromatic carbocycles. The minimum Gasteiger partial charge on any atom is -0.484 e. The van der Waals surface area contributed by atoms with Gasteiger partial charge >= 0.3 is 0 Å². The molecule has 162 valence electrons. The number of carbonyl (C=O) groups excluding carboxylic acids is 2. The van der Waals surface area contributed by atoms with Gasteiger partial charge in [-0.2, -0.15) is 0 Å². The van der Waals surface area contributed by atoms with Gasteiger partial charge in [-0.1, -0.05) is 48.4 Å². The molecule has 1 unspecified atom stereocenters. The van der Waals surface area contributed by atoms with E-state index in [1.54, 1.807) is 23.1 Å². The summed E-state index contributed by atoms with van der Waals surface area (Å²) in [4.78, 5) is 27.5. The summed E-state index contributed by atoms with van der Waals surface area (Å²) in [6.07, 6.45) is 0.510. The Morgan fingerprint density at radius 3 is 2.33 bits per heavy atom. The molecule has 0 aliphatic rings. The smallest absolute Gasteiger partial charge is 0.261 e. The zero-order valence-electron chi connectivity index (χ0n) is 18.4. The van der Waals surface area contributed by atoms with E-state index in [4.69, 9.17) is 16.3 Å². The van der Waals surface area contributed by atoms with E-state index in [-0.39, 0.29) is 24.5 Å². The zero-order chi connectivity index (χ0) is 22.3. The molecule has 0 aliphatic heterocycles. The minimum absolute atomic E-state index is 0.00355. The molecule has 30 heavy (non-hydrogen) atoms. The number of aryl methyl sites for hydroxylation is 2. The van der Waals surface area contributed by atoms with Crippen LogP contribution in [0.25, 0.3) is 0 Å². The SMILES string of the molecule is CCC(C(=O)NC(C)C)N(Cc1ccc(C)cc1)C(=O)COc1ccc(Cl)c(C)c1. The lowest BCUT2D eigenvalue weighted by molar-refractivity contribution is -0.143. The van der Waals surface area contributed by atoms with Crippen LogP contribution in [0.5, 0.6) is 5.75 Å². The number of amides is 2. The largest absolute Gasteiger partial charge is 0.484 e. The van der Waals surface area contributed by atoms with Crippen LogP contribution in [-0.4, -0.2) is 35.4 Å². The summed E-state index contributed by atoms with van der Waals surface area (Å²) < 4.78 is 5.72. The Kier molecular flexibility index (Phi) is 8.72. The molecule has 0 fully saturated rings. The molecule has 6 heteroatoms. The average Bonchev–Trinajstić information content (AvgIpc) is 2.69. The van der Waals surface area contributed by atoms with E-state index < -0.39 is 6.04 Å². The molecule has 1 atom stereocenters. The summed E-state index contributed by atoms with van der Waals surface area (Å²) in [6.45, 7) is 9.79. The molecular formula is C24H31ClN2O3. The van der Waals surface area contributed by atoms with Crippen molar-refractivity contribution in [3.05, 3.63) is 64.2 Å². The lowest BCUT2D eigenvalue weighted by atomic mass is 10.1. The minimum atomic E-state index is -0.572. The Morgan fingerprint density at radius 1 is 1.10 bits per heavy atom. The highest BCUT2D eigenvalue weighted by Gasteiger charge is 2.29. The van der Waals surface area contributed by atoms with E-state index in [0.717, 1.165) is 16.7 Å². The van der Waals surface area contributed by atoms with Crippen molar-refractivity contribution in [2.75, 3.05) is 6.61 Å². The maximum Gasteiger partial charge on any atom is 0.261 e. The quantitative estimate of drug-likeness (QED) is 0.629. The Balaban J connectivity index is 2.21. The van der Waals surface area contributed by atoms with Crippen LogP contribution in [0.3, 0.4) is 0 Å². The fraction of sp³-hybridized carbons (Fsp3) is 0.417. The number of halogens is 1. The van der Waals surface area contributed by atoms with Crippen molar-refractivity contribution < 1.29 is 14.3 Å². The molecule has 0 heterocycles. The second-order valence-electron chi connectivity index (χ2n) is 7.79. The average molecular weight is 431 g/mol. The third kappa shape index (κ3) is 6.77. The summed E-state index contributed by atoms with van der Waals surface area (Å²) in [7, 11) is 0. The van der Waals surface area contributed by atoms with Crippen molar-refractivity contribution >= 4 is 23.4 Å². The van der Waals surface area contributed by atoms with Crippen LogP contribution in [0.15, 0.2) is 42.5 Å². The van der Waals surface area contributed by atoms with Crippen molar-refractivity contribution in [2.45, 2.75) is 59.7 Å². The number of carbonyl (C=O) groups is 2. The molecule has 0 saturated heterocycles.